The molecule has 0 saturated carbocycles. The Hall–Kier alpha value is -2.42. The minimum atomic E-state index is -0.493. The molecule has 0 bridgehead atoms. The average Bonchev–Trinajstić information content (AvgIpc) is 2.88. The van der Waals surface area contributed by atoms with Gasteiger partial charge in [-0.05, 0) is 25.2 Å². The second kappa shape index (κ2) is 8.00. The van der Waals surface area contributed by atoms with Crippen molar-refractivity contribution in [2.75, 3.05) is 7.11 Å². The molecule has 1 aromatic rings. The van der Waals surface area contributed by atoms with Crippen LogP contribution < -0.4 is 16.2 Å². The van der Waals surface area contributed by atoms with E-state index in [1.54, 1.807) is 6.92 Å². The lowest BCUT2D eigenvalue weighted by atomic mass is 10.2. The molecule has 0 saturated heterocycles. The minimum absolute atomic E-state index is 0.0501. The molecule has 1 heterocycles. The van der Waals surface area contributed by atoms with Crippen LogP contribution >= 0.6 is 12.2 Å². The Bertz CT molecular complexity index is 555. The van der Waals surface area contributed by atoms with Crippen molar-refractivity contribution in [3.63, 3.8) is 0 Å². The summed E-state index contributed by atoms with van der Waals surface area (Å²) in [4.78, 5) is 34.0. The molecule has 0 radical (unpaired) electrons. The molecule has 1 aromatic heterocycles. The first-order valence-electron chi connectivity index (χ1n) is 5.95. The van der Waals surface area contributed by atoms with Crippen molar-refractivity contribution < 1.29 is 23.5 Å². The molecule has 0 aromatic carbocycles. The van der Waals surface area contributed by atoms with E-state index >= 15 is 0 Å². The molecule has 0 spiro atoms. The third-order valence-corrected chi connectivity index (χ3v) is 2.63. The van der Waals surface area contributed by atoms with Gasteiger partial charge in [0.05, 0.1) is 25.4 Å². The van der Waals surface area contributed by atoms with Crippen LogP contribution in [0.3, 0.4) is 0 Å². The first kappa shape index (κ1) is 16.6. The van der Waals surface area contributed by atoms with Gasteiger partial charge in [-0.3, -0.25) is 25.2 Å². The molecule has 8 nitrogen and oxygen atoms in total. The molecule has 0 aliphatic heterocycles. The second-order valence-corrected chi connectivity index (χ2v) is 4.33. The van der Waals surface area contributed by atoms with E-state index in [1.165, 1.54) is 19.4 Å². The lowest BCUT2D eigenvalue weighted by molar-refractivity contribution is -0.142. The third-order valence-electron chi connectivity index (χ3n) is 2.43. The number of esters is 1. The zero-order valence-electron chi connectivity index (χ0n) is 11.5. The summed E-state index contributed by atoms with van der Waals surface area (Å²) in [7, 11) is 1.24. The Morgan fingerprint density at radius 3 is 2.57 bits per heavy atom. The topological polar surface area (TPSA) is 110 Å². The Balaban J connectivity index is 2.31. The van der Waals surface area contributed by atoms with Crippen LogP contribution in [0.15, 0.2) is 16.7 Å². The highest BCUT2D eigenvalue weighted by molar-refractivity contribution is 7.80. The van der Waals surface area contributed by atoms with E-state index in [9.17, 15) is 14.4 Å². The predicted molar refractivity (Wildman–Crippen MR) is 76.0 cm³/mol. The summed E-state index contributed by atoms with van der Waals surface area (Å²) in [6, 6.07) is 1.50. The molecule has 9 heteroatoms. The van der Waals surface area contributed by atoms with E-state index in [2.05, 4.69) is 20.9 Å². The predicted octanol–water partition coefficient (Wildman–Crippen LogP) is 0.177. The van der Waals surface area contributed by atoms with E-state index in [0.29, 0.717) is 11.3 Å². The number of nitrogens with one attached hydrogen (secondary N) is 3. The molecule has 114 valence electrons. The summed E-state index contributed by atoms with van der Waals surface area (Å²) < 4.78 is 9.39. The lowest BCUT2D eigenvalue weighted by Gasteiger charge is -2.10. The summed E-state index contributed by atoms with van der Waals surface area (Å²) in [5.41, 5.74) is 5.03. The van der Waals surface area contributed by atoms with E-state index < -0.39 is 17.8 Å². The van der Waals surface area contributed by atoms with E-state index in [4.69, 9.17) is 16.6 Å². The fourth-order valence-electron chi connectivity index (χ4n) is 1.34. The van der Waals surface area contributed by atoms with Gasteiger partial charge in [0.1, 0.15) is 5.76 Å². The van der Waals surface area contributed by atoms with Gasteiger partial charge in [-0.2, -0.15) is 0 Å². The number of methoxy groups -OCH3 is 1. The maximum atomic E-state index is 11.7. The molecule has 0 aliphatic carbocycles. The number of thiocarbonyl (C=S) groups is 1. The molecular formula is C12H15N3O5S. The van der Waals surface area contributed by atoms with Gasteiger partial charge in [0.2, 0.25) is 5.91 Å². The second-order valence-electron chi connectivity index (χ2n) is 3.92. The van der Waals surface area contributed by atoms with Crippen molar-refractivity contribution in [1.82, 2.24) is 16.2 Å². The van der Waals surface area contributed by atoms with Crippen LogP contribution in [-0.2, 0) is 14.3 Å². The molecule has 3 N–H and O–H groups in total. The van der Waals surface area contributed by atoms with Crippen molar-refractivity contribution in [3.8, 4) is 0 Å². The summed E-state index contributed by atoms with van der Waals surface area (Å²) in [6.07, 6.45) is 1.27. The maximum Gasteiger partial charge on any atom is 0.306 e. The first-order chi connectivity index (χ1) is 9.93. The number of aryl methyl sites for hydroxylation is 1. The number of hydrazine groups is 1. The van der Waals surface area contributed by atoms with Gasteiger partial charge in [-0.15, -0.1) is 0 Å². The number of furan rings is 1. The molecule has 0 atom stereocenters. The highest BCUT2D eigenvalue weighted by atomic mass is 32.1. The minimum Gasteiger partial charge on any atom is -0.469 e. The van der Waals surface area contributed by atoms with Crippen LogP contribution in [0.5, 0.6) is 0 Å². The Kier molecular flexibility index (Phi) is 6.34. The fourth-order valence-corrected chi connectivity index (χ4v) is 1.50. The van der Waals surface area contributed by atoms with E-state index in [1.807, 2.05) is 0 Å². The quantitative estimate of drug-likeness (QED) is 0.413. The fraction of sp³-hybridized carbons (Fsp3) is 0.333. The maximum absolute atomic E-state index is 11.7. The summed E-state index contributed by atoms with van der Waals surface area (Å²) in [5, 5.41) is 2.23. The van der Waals surface area contributed by atoms with Gasteiger partial charge < -0.3 is 14.5 Å². The third kappa shape index (κ3) is 5.61. The number of hydrogen-bond donors (Lipinski definition) is 3. The van der Waals surface area contributed by atoms with Crippen LogP contribution in [0.25, 0.3) is 0 Å². The van der Waals surface area contributed by atoms with Crippen molar-refractivity contribution in [2.24, 2.45) is 0 Å². The monoisotopic (exact) mass is 313 g/mol. The Morgan fingerprint density at radius 2 is 2.00 bits per heavy atom. The molecule has 2 amide bonds. The van der Waals surface area contributed by atoms with Gasteiger partial charge in [0.15, 0.2) is 5.11 Å². The van der Waals surface area contributed by atoms with Gasteiger partial charge >= 0.3 is 5.97 Å². The average molecular weight is 313 g/mol. The van der Waals surface area contributed by atoms with Gasteiger partial charge in [0, 0.05) is 6.42 Å². The number of carbonyl (C=O) groups is 3. The number of ether oxygens (including phenoxy) is 1. The van der Waals surface area contributed by atoms with Crippen LogP contribution in [0.2, 0.25) is 0 Å². The molecule has 21 heavy (non-hydrogen) atoms. The van der Waals surface area contributed by atoms with Crippen molar-refractivity contribution in [2.45, 2.75) is 19.8 Å². The summed E-state index contributed by atoms with van der Waals surface area (Å²) in [6.45, 7) is 1.64. The zero-order valence-corrected chi connectivity index (χ0v) is 12.3. The van der Waals surface area contributed by atoms with Crippen molar-refractivity contribution in [1.29, 1.82) is 0 Å². The Labute approximate surface area is 126 Å². The number of rotatable bonds is 4. The smallest absolute Gasteiger partial charge is 0.306 e. The largest absolute Gasteiger partial charge is 0.469 e. The van der Waals surface area contributed by atoms with Gasteiger partial charge in [-0.25, -0.2) is 0 Å². The molecule has 0 unspecified atom stereocenters. The van der Waals surface area contributed by atoms with Crippen LogP contribution in [0.4, 0.5) is 0 Å². The number of carbonyl (C=O) groups excluding carboxylic acids is 3. The van der Waals surface area contributed by atoms with Crippen molar-refractivity contribution in [3.05, 3.63) is 23.7 Å². The molecule has 1 rings (SSSR count). The molecular weight excluding hydrogens is 298 g/mol. The van der Waals surface area contributed by atoms with Crippen LogP contribution in [-0.4, -0.2) is 30.0 Å². The summed E-state index contributed by atoms with van der Waals surface area (Å²) in [5.74, 6) is -0.950. The number of amides is 2. The van der Waals surface area contributed by atoms with Crippen molar-refractivity contribution >= 4 is 35.1 Å². The molecule has 0 fully saturated rings. The highest BCUT2D eigenvalue weighted by Gasteiger charge is 2.12. The van der Waals surface area contributed by atoms with Gasteiger partial charge in [0.25, 0.3) is 5.91 Å². The summed E-state index contributed by atoms with van der Waals surface area (Å²) >= 11 is 4.82. The SMILES string of the molecule is COC(=O)CCC(=O)NC(=S)NNC(=O)c1ccoc1C. The van der Waals surface area contributed by atoms with Crippen LogP contribution in [0, 0.1) is 6.92 Å². The normalized spacial score (nSPS) is 9.62. The zero-order chi connectivity index (χ0) is 15.8. The van der Waals surface area contributed by atoms with Crippen LogP contribution in [0.1, 0.15) is 29.0 Å². The Morgan fingerprint density at radius 1 is 1.29 bits per heavy atom. The van der Waals surface area contributed by atoms with Gasteiger partial charge in [-0.1, -0.05) is 0 Å². The number of hydrogen-bond acceptors (Lipinski definition) is 6. The highest BCUT2D eigenvalue weighted by Crippen LogP contribution is 2.07. The van der Waals surface area contributed by atoms with E-state index in [-0.39, 0.29) is 18.0 Å². The van der Waals surface area contributed by atoms with E-state index in [0.717, 1.165) is 0 Å². The molecule has 0 aliphatic rings. The first-order valence-corrected chi connectivity index (χ1v) is 6.36. The lowest BCUT2D eigenvalue weighted by Crippen LogP contribution is -2.48. The standard InChI is InChI=1S/C12H15N3O5S/c1-7-8(5-6-20-7)11(18)14-15-12(21)13-9(16)3-4-10(17)19-2/h5-6H,3-4H2,1-2H3,(H,14,18)(H2,13,15,16,21).